The van der Waals surface area contributed by atoms with Gasteiger partial charge in [-0.25, -0.2) is 0 Å². The van der Waals surface area contributed by atoms with Crippen molar-refractivity contribution in [3.63, 3.8) is 0 Å². The molecular formula is C15H30O2Si3. The molecule has 114 valence electrons. The summed E-state index contributed by atoms with van der Waals surface area (Å²) in [6.07, 6.45) is 11.0. The summed E-state index contributed by atoms with van der Waals surface area (Å²) in [5.74, 6) is 5.58. The van der Waals surface area contributed by atoms with E-state index in [9.17, 15) is 0 Å². The SMILES string of the molecule is C#CC[Si](C)(CC)O[Si](C)(CC)O[Si](C)(CC)CC#C. The van der Waals surface area contributed by atoms with E-state index in [-0.39, 0.29) is 0 Å². The molecule has 20 heavy (non-hydrogen) atoms. The van der Waals surface area contributed by atoms with E-state index >= 15 is 0 Å². The maximum absolute atomic E-state index is 6.59. The highest BCUT2D eigenvalue weighted by molar-refractivity contribution is 6.89. The van der Waals surface area contributed by atoms with Gasteiger partial charge in [0.2, 0.25) is 0 Å². The van der Waals surface area contributed by atoms with Gasteiger partial charge >= 0.3 is 8.56 Å². The molecule has 0 spiro atoms. The van der Waals surface area contributed by atoms with Crippen molar-refractivity contribution in [2.75, 3.05) is 0 Å². The van der Waals surface area contributed by atoms with Crippen LogP contribution in [0.4, 0.5) is 0 Å². The standard InChI is InChI=1S/C15H30O2Si3/c1-9-14-18(6,11-3)16-20(8,13-5)17-19(7,12-4)15-10-2/h1-2H,11-15H2,3-8H3. The summed E-state index contributed by atoms with van der Waals surface area (Å²) in [5, 5.41) is 0. The second-order valence-electron chi connectivity index (χ2n) is 6.06. The molecule has 2 nitrogen and oxygen atoms in total. The van der Waals surface area contributed by atoms with E-state index < -0.39 is 25.2 Å². The van der Waals surface area contributed by atoms with E-state index in [0.717, 1.165) is 30.2 Å². The van der Waals surface area contributed by atoms with Crippen LogP contribution in [0.15, 0.2) is 0 Å². The number of rotatable bonds is 9. The van der Waals surface area contributed by atoms with Crippen molar-refractivity contribution < 1.29 is 8.23 Å². The Bertz CT molecular complexity index is 354. The van der Waals surface area contributed by atoms with Gasteiger partial charge in [-0.3, -0.25) is 0 Å². The molecule has 0 aromatic rings. The first-order chi connectivity index (χ1) is 9.22. The van der Waals surface area contributed by atoms with Crippen LogP contribution in [0.5, 0.6) is 0 Å². The van der Waals surface area contributed by atoms with Crippen LogP contribution < -0.4 is 0 Å². The maximum atomic E-state index is 6.59. The zero-order valence-electron chi connectivity index (χ0n) is 14.0. The number of hydrogen-bond acceptors (Lipinski definition) is 2. The van der Waals surface area contributed by atoms with Gasteiger partial charge in [-0.15, -0.1) is 24.7 Å². The Morgan fingerprint density at radius 3 is 1.30 bits per heavy atom. The summed E-state index contributed by atoms with van der Waals surface area (Å²) < 4.78 is 13.2. The first-order valence-electron chi connectivity index (χ1n) is 7.49. The van der Waals surface area contributed by atoms with Crippen LogP contribution in [0.25, 0.3) is 0 Å². The normalized spacial score (nSPS) is 20.0. The molecule has 0 saturated heterocycles. The minimum absolute atomic E-state index is 0.759. The fourth-order valence-electron chi connectivity index (χ4n) is 2.11. The van der Waals surface area contributed by atoms with E-state index in [1.807, 2.05) is 0 Å². The first-order valence-corrected chi connectivity index (χ1v) is 15.7. The van der Waals surface area contributed by atoms with Crippen LogP contribution in [-0.4, -0.2) is 25.2 Å². The van der Waals surface area contributed by atoms with Crippen LogP contribution in [-0.2, 0) is 8.23 Å². The van der Waals surface area contributed by atoms with Gasteiger partial charge in [0.05, 0.1) is 0 Å². The van der Waals surface area contributed by atoms with Crippen LogP contribution in [0.2, 0.25) is 49.9 Å². The van der Waals surface area contributed by atoms with Gasteiger partial charge in [-0.1, -0.05) is 20.8 Å². The maximum Gasteiger partial charge on any atom is 0.314 e. The zero-order chi connectivity index (χ0) is 15.9. The highest BCUT2D eigenvalue weighted by Crippen LogP contribution is 2.30. The van der Waals surface area contributed by atoms with Crippen molar-refractivity contribution >= 4 is 25.2 Å². The molecule has 0 aliphatic heterocycles. The smallest absolute Gasteiger partial charge is 0.314 e. The third kappa shape index (κ3) is 5.99. The molecule has 5 heteroatoms. The fourth-order valence-corrected chi connectivity index (χ4v) is 15.2. The van der Waals surface area contributed by atoms with Gasteiger partial charge in [0, 0.05) is 12.1 Å². The highest BCUT2D eigenvalue weighted by Gasteiger charge is 2.43. The van der Waals surface area contributed by atoms with Gasteiger partial charge in [0.15, 0.2) is 16.6 Å². The summed E-state index contributed by atoms with van der Waals surface area (Å²) in [5.41, 5.74) is 0. The van der Waals surface area contributed by atoms with Gasteiger partial charge in [0.1, 0.15) is 0 Å². The van der Waals surface area contributed by atoms with E-state index in [1.165, 1.54) is 0 Å². The second kappa shape index (κ2) is 8.21. The summed E-state index contributed by atoms with van der Waals surface area (Å²) in [6, 6.07) is 4.53. The monoisotopic (exact) mass is 326 g/mol. The Labute approximate surface area is 129 Å². The topological polar surface area (TPSA) is 18.5 Å². The second-order valence-corrected chi connectivity index (χ2v) is 18.6. The third-order valence-electron chi connectivity index (χ3n) is 4.01. The summed E-state index contributed by atoms with van der Waals surface area (Å²) >= 11 is 0. The molecule has 0 aromatic heterocycles. The Morgan fingerprint density at radius 1 is 0.750 bits per heavy atom. The van der Waals surface area contributed by atoms with Crippen LogP contribution in [0.1, 0.15) is 20.8 Å². The molecule has 0 fully saturated rings. The molecule has 0 N–H and O–H groups in total. The van der Waals surface area contributed by atoms with Gasteiger partial charge in [0.25, 0.3) is 0 Å². The largest absolute Gasteiger partial charge is 0.435 e. The first kappa shape index (κ1) is 19.7. The lowest BCUT2D eigenvalue weighted by atomic mass is 10.8. The highest BCUT2D eigenvalue weighted by atomic mass is 28.5. The van der Waals surface area contributed by atoms with Crippen LogP contribution in [0, 0.1) is 24.7 Å². The Kier molecular flexibility index (Phi) is 8.08. The predicted molar refractivity (Wildman–Crippen MR) is 95.7 cm³/mol. The van der Waals surface area contributed by atoms with Gasteiger partial charge < -0.3 is 8.23 Å². The number of hydrogen-bond donors (Lipinski definition) is 0. The molecule has 0 saturated carbocycles. The molecule has 0 aliphatic carbocycles. The lowest BCUT2D eigenvalue weighted by molar-refractivity contribution is 0.377. The summed E-state index contributed by atoms with van der Waals surface area (Å²) in [6.45, 7) is 13.1. The Hall–Kier alpha value is -0.309. The molecular weight excluding hydrogens is 296 g/mol. The molecule has 0 radical (unpaired) electrons. The lowest BCUT2D eigenvalue weighted by Crippen LogP contribution is -2.55. The molecule has 0 amide bonds. The van der Waals surface area contributed by atoms with E-state index in [1.54, 1.807) is 0 Å². The fraction of sp³-hybridized carbons (Fsp3) is 0.733. The average Bonchev–Trinajstić information content (AvgIpc) is 2.39. The molecule has 2 unspecified atom stereocenters. The summed E-state index contributed by atoms with van der Waals surface area (Å²) in [4.78, 5) is 0. The molecule has 0 aliphatic rings. The Morgan fingerprint density at radius 2 is 1.10 bits per heavy atom. The molecule has 0 bridgehead atoms. The van der Waals surface area contributed by atoms with Crippen LogP contribution in [0.3, 0.4) is 0 Å². The van der Waals surface area contributed by atoms with E-state index in [2.05, 4.69) is 52.3 Å². The number of terminal acetylenes is 2. The summed E-state index contributed by atoms with van der Waals surface area (Å²) in [7, 11) is -5.87. The molecule has 0 rings (SSSR count). The predicted octanol–water partition coefficient (Wildman–Crippen LogP) is 4.57. The lowest BCUT2D eigenvalue weighted by Gasteiger charge is -2.41. The van der Waals surface area contributed by atoms with E-state index in [0.29, 0.717) is 0 Å². The van der Waals surface area contributed by atoms with Crippen molar-refractivity contribution in [2.24, 2.45) is 0 Å². The minimum Gasteiger partial charge on any atom is -0.435 e. The van der Waals surface area contributed by atoms with Crippen molar-refractivity contribution in [1.29, 1.82) is 0 Å². The molecule has 0 aromatic carbocycles. The van der Waals surface area contributed by atoms with Crippen LogP contribution >= 0.6 is 0 Å². The minimum atomic E-state index is -2.18. The average molecular weight is 327 g/mol. The van der Waals surface area contributed by atoms with E-state index in [4.69, 9.17) is 21.1 Å². The zero-order valence-corrected chi connectivity index (χ0v) is 17.0. The Balaban J connectivity index is 5.11. The molecule has 2 atom stereocenters. The van der Waals surface area contributed by atoms with Crippen molar-refractivity contribution in [3.05, 3.63) is 0 Å². The third-order valence-corrected chi connectivity index (χ3v) is 17.6. The van der Waals surface area contributed by atoms with Crippen molar-refractivity contribution in [3.8, 4) is 24.7 Å². The quantitative estimate of drug-likeness (QED) is 0.456. The van der Waals surface area contributed by atoms with Gasteiger partial charge in [-0.05, 0) is 37.8 Å². The van der Waals surface area contributed by atoms with Crippen molar-refractivity contribution in [1.82, 2.24) is 0 Å². The molecule has 0 heterocycles. The van der Waals surface area contributed by atoms with Gasteiger partial charge in [-0.2, -0.15) is 0 Å². The van der Waals surface area contributed by atoms with Crippen molar-refractivity contribution in [2.45, 2.75) is 70.6 Å².